The fraction of sp³-hybridized carbons (Fsp3) is 0.0909. The number of hydrogen-bond donors (Lipinski definition) is 1. The van der Waals surface area contributed by atoms with E-state index in [4.69, 9.17) is 0 Å². The molecule has 0 fully saturated rings. The molecule has 2 aromatic heterocycles. The van der Waals surface area contributed by atoms with Crippen LogP contribution in [0.2, 0.25) is 0 Å². The number of nitrogens with zero attached hydrogens (tertiary/aromatic N) is 3. The minimum Gasteiger partial charge on any atom is -0.381 e. The number of alkyl halides is 3. The zero-order chi connectivity index (χ0) is 20.4. The summed E-state index contributed by atoms with van der Waals surface area (Å²) in [7, 11) is 0. The molecule has 2 heterocycles. The fourth-order valence-corrected chi connectivity index (χ4v) is 3.16. The van der Waals surface area contributed by atoms with Crippen LogP contribution >= 0.6 is 0 Å². The van der Waals surface area contributed by atoms with Crippen molar-refractivity contribution in [2.45, 2.75) is 12.7 Å². The van der Waals surface area contributed by atoms with Crippen molar-refractivity contribution in [1.29, 1.82) is 0 Å². The van der Waals surface area contributed by atoms with Crippen LogP contribution in [0.3, 0.4) is 0 Å². The van der Waals surface area contributed by atoms with E-state index in [2.05, 4.69) is 22.0 Å². The first-order valence-corrected chi connectivity index (χ1v) is 8.90. The standard InChI is InChI=1S/C22H17F3N4/c1-15(27-12-16-5-2-6-17(11-16)22(23,24)25)19-8-3-9-21-20(19)14-28-29(21)18-7-4-10-26-13-18/h2-11,13-14,27H,1,12H2. The zero-order valence-electron chi connectivity index (χ0n) is 15.3. The maximum Gasteiger partial charge on any atom is 0.416 e. The minimum absolute atomic E-state index is 0.232. The first kappa shape index (κ1) is 18.7. The van der Waals surface area contributed by atoms with Gasteiger partial charge in [0.1, 0.15) is 0 Å². The molecule has 0 radical (unpaired) electrons. The first-order valence-electron chi connectivity index (χ1n) is 8.90. The van der Waals surface area contributed by atoms with Gasteiger partial charge in [-0.25, -0.2) is 4.68 Å². The number of fused-ring (bicyclic) bond motifs is 1. The van der Waals surface area contributed by atoms with Gasteiger partial charge in [0.15, 0.2) is 0 Å². The third-order valence-corrected chi connectivity index (χ3v) is 4.59. The van der Waals surface area contributed by atoms with Gasteiger partial charge in [-0.15, -0.1) is 0 Å². The van der Waals surface area contributed by atoms with Crippen LogP contribution in [0, 0.1) is 0 Å². The topological polar surface area (TPSA) is 42.7 Å². The number of hydrogen-bond acceptors (Lipinski definition) is 3. The molecular weight excluding hydrogens is 377 g/mol. The van der Waals surface area contributed by atoms with Gasteiger partial charge in [0.25, 0.3) is 0 Å². The van der Waals surface area contributed by atoms with Gasteiger partial charge in [-0.2, -0.15) is 18.3 Å². The Morgan fingerprint density at radius 1 is 1.03 bits per heavy atom. The van der Waals surface area contributed by atoms with E-state index in [1.807, 2.05) is 30.3 Å². The van der Waals surface area contributed by atoms with E-state index in [0.29, 0.717) is 11.3 Å². The molecule has 0 aliphatic rings. The summed E-state index contributed by atoms with van der Waals surface area (Å²) in [5.41, 5.74) is 3.03. The normalized spacial score (nSPS) is 11.6. The number of aromatic nitrogens is 3. The highest BCUT2D eigenvalue weighted by molar-refractivity contribution is 5.91. The molecule has 2 aromatic carbocycles. The maximum atomic E-state index is 12.9. The first-order chi connectivity index (χ1) is 13.9. The Morgan fingerprint density at radius 2 is 1.86 bits per heavy atom. The monoisotopic (exact) mass is 394 g/mol. The molecule has 4 nitrogen and oxygen atoms in total. The average Bonchev–Trinajstić information content (AvgIpc) is 3.16. The Balaban J connectivity index is 1.58. The molecule has 0 aliphatic heterocycles. The molecule has 0 spiro atoms. The molecule has 0 amide bonds. The summed E-state index contributed by atoms with van der Waals surface area (Å²) in [5, 5.41) is 8.46. The van der Waals surface area contributed by atoms with Gasteiger partial charge in [0, 0.05) is 29.4 Å². The summed E-state index contributed by atoms with van der Waals surface area (Å²) in [4.78, 5) is 4.12. The maximum absolute atomic E-state index is 12.9. The molecule has 0 saturated heterocycles. The molecule has 1 N–H and O–H groups in total. The Bertz CT molecular complexity index is 1160. The lowest BCUT2D eigenvalue weighted by atomic mass is 10.1. The second kappa shape index (κ2) is 7.43. The quantitative estimate of drug-likeness (QED) is 0.506. The van der Waals surface area contributed by atoms with E-state index < -0.39 is 11.7 Å². The van der Waals surface area contributed by atoms with E-state index in [0.717, 1.165) is 34.3 Å². The summed E-state index contributed by atoms with van der Waals surface area (Å²) in [6, 6.07) is 14.7. The van der Waals surface area contributed by atoms with Crippen LogP contribution < -0.4 is 5.32 Å². The van der Waals surface area contributed by atoms with Gasteiger partial charge in [-0.1, -0.05) is 30.8 Å². The van der Waals surface area contributed by atoms with Crippen LogP contribution in [-0.2, 0) is 12.7 Å². The molecule has 146 valence electrons. The van der Waals surface area contributed by atoms with E-state index in [9.17, 15) is 13.2 Å². The van der Waals surface area contributed by atoms with Crippen molar-refractivity contribution in [3.05, 3.63) is 96.5 Å². The predicted molar refractivity (Wildman–Crippen MR) is 106 cm³/mol. The third-order valence-electron chi connectivity index (χ3n) is 4.59. The van der Waals surface area contributed by atoms with Crippen molar-refractivity contribution in [1.82, 2.24) is 20.1 Å². The molecule has 0 saturated carbocycles. The van der Waals surface area contributed by atoms with Crippen LogP contribution in [-0.4, -0.2) is 14.8 Å². The summed E-state index contributed by atoms with van der Waals surface area (Å²) >= 11 is 0. The molecule has 0 bridgehead atoms. The lowest BCUT2D eigenvalue weighted by Crippen LogP contribution is -2.12. The van der Waals surface area contributed by atoms with Crippen molar-refractivity contribution in [3.63, 3.8) is 0 Å². The summed E-state index contributed by atoms with van der Waals surface area (Å²) < 4.78 is 40.5. The number of benzene rings is 2. The Hall–Kier alpha value is -3.61. The SMILES string of the molecule is C=C(NCc1cccc(C(F)(F)F)c1)c1cccc2c1cnn2-c1cccnc1. The van der Waals surface area contributed by atoms with Gasteiger partial charge < -0.3 is 5.32 Å². The summed E-state index contributed by atoms with van der Waals surface area (Å²) in [6.45, 7) is 4.29. The summed E-state index contributed by atoms with van der Waals surface area (Å²) in [5.74, 6) is 0. The number of halogens is 3. The van der Waals surface area contributed by atoms with Gasteiger partial charge in [0.05, 0.1) is 29.2 Å². The number of rotatable bonds is 5. The lowest BCUT2D eigenvalue weighted by Gasteiger charge is -2.13. The summed E-state index contributed by atoms with van der Waals surface area (Å²) in [6.07, 6.45) is 0.800. The van der Waals surface area contributed by atoms with Crippen molar-refractivity contribution >= 4 is 16.6 Å². The molecule has 0 aliphatic carbocycles. The highest BCUT2D eigenvalue weighted by Crippen LogP contribution is 2.30. The van der Waals surface area contributed by atoms with E-state index in [1.54, 1.807) is 29.3 Å². The molecule has 0 unspecified atom stereocenters. The van der Waals surface area contributed by atoms with Crippen molar-refractivity contribution in [2.75, 3.05) is 0 Å². The molecule has 7 heteroatoms. The third kappa shape index (κ3) is 3.85. The largest absolute Gasteiger partial charge is 0.416 e. The van der Waals surface area contributed by atoms with Gasteiger partial charge in [0.2, 0.25) is 0 Å². The highest BCUT2D eigenvalue weighted by atomic mass is 19.4. The molecule has 0 atom stereocenters. The van der Waals surface area contributed by atoms with E-state index >= 15 is 0 Å². The number of pyridine rings is 1. The molecular formula is C22H17F3N4. The fourth-order valence-electron chi connectivity index (χ4n) is 3.16. The molecule has 29 heavy (non-hydrogen) atoms. The Labute approximate surface area is 165 Å². The lowest BCUT2D eigenvalue weighted by molar-refractivity contribution is -0.137. The predicted octanol–water partition coefficient (Wildman–Crippen LogP) is 5.20. The van der Waals surface area contributed by atoms with Gasteiger partial charge in [-0.3, -0.25) is 4.98 Å². The van der Waals surface area contributed by atoms with Crippen LogP contribution in [0.25, 0.3) is 22.3 Å². The van der Waals surface area contributed by atoms with Crippen molar-refractivity contribution in [3.8, 4) is 5.69 Å². The smallest absolute Gasteiger partial charge is 0.381 e. The minimum atomic E-state index is -4.36. The van der Waals surface area contributed by atoms with Crippen LogP contribution in [0.15, 0.2) is 79.8 Å². The number of nitrogens with one attached hydrogen (secondary N) is 1. The Kier molecular flexibility index (Phi) is 4.80. The van der Waals surface area contributed by atoms with E-state index in [-0.39, 0.29) is 6.54 Å². The van der Waals surface area contributed by atoms with Crippen LogP contribution in [0.1, 0.15) is 16.7 Å². The second-order valence-electron chi connectivity index (χ2n) is 6.54. The Morgan fingerprint density at radius 3 is 2.62 bits per heavy atom. The molecule has 4 aromatic rings. The van der Waals surface area contributed by atoms with Crippen LogP contribution in [0.5, 0.6) is 0 Å². The zero-order valence-corrected chi connectivity index (χ0v) is 15.3. The average molecular weight is 394 g/mol. The van der Waals surface area contributed by atoms with Gasteiger partial charge >= 0.3 is 6.18 Å². The van der Waals surface area contributed by atoms with Crippen molar-refractivity contribution < 1.29 is 13.2 Å². The van der Waals surface area contributed by atoms with Gasteiger partial charge in [-0.05, 0) is 35.9 Å². The van der Waals surface area contributed by atoms with Crippen molar-refractivity contribution in [2.24, 2.45) is 0 Å². The second-order valence-corrected chi connectivity index (χ2v) is 6.54. The van der Waals surface area contributed by atoms with E-state index in [1.165, 1.54) is 6.07 Å². The highest BCUT2D eigenvalue weighted by Gasteiger charge is 2.30. The van der Waals surface area contributed by atoms with Crippen LogP contribution in [0.4, 0.5) is 13.2 Å². The molecule has 4 rings (SSSR count).